The Kier molecular flexibility index (Phi) is 6.18. The first-order valence-corrected chi connectivity index (χ1v) is 7.87. The third-order valence-electron chi connectivity index (χ3n) is 4.23. The van der Waals surface area contributed by atoms with Gasteiger partial charge in [0.25, 0.3) is 0 Å². The predicted molar refractivity (Wildman–Crippen MR) is 81.3 cm³/mol. The first kappa shape index (κ1) is 17.2. The zero-order valence-corrected chi connectivity index (χ0v) is 13.7. The van der Waals surface area contributed by atoms with Gasteiger partial charge in [0.2, 0.25) is 11.8 Å². The molecule has 4 nitrogen and oxygen atoms in total. The average molecular weight is 282 g/mol. The number of imide groups is 1. The SMILES string of the molecule is CCCNC(CN1C(=O)CC(C)(C)CC1=O)C(C)CC. The van der Waals surface area contributed by atoms with Gasteiger partial charge in [-0.25, -0.2) is 0 Å². The van der Waals surface area contributed by atoms with E-state index < -0.39 is 0 Å². The van der Waals surface area contributed by atoms with Crippen molar-refractivity contribution in [3.63, 3.8) is 0 Å². The second-order valence-corrected chi connectivity index (χ2v) is 6.86. The normalized spacial score (nSPS) is 21.9. The van der Waals surface area contributed by atoms with E-state index in [0.717, 1.165) is 19.4 Å². The molecule has 0 spiro atoms. The van der Waals surface area contributed by atoms with Crippen molar-refractivity contribution in [2.45, 2.75) is 66.3 Å². The average Bonchev–Trinajstić information content (AvgIpc) is 2.35. The van der Waals surface area contributed by atoms with Gasteiger partial charge in [-0.15, -0.1) is 0 Å². The molecule has 0 aliphatic carbocycles. The second kappa shape index (κ2) is 7.21. The Hall–Kier alpha value is -0.900. The van der Waals surface area contributed by atoms with E-state index in [1.807, 2.05) is 13.8 Å². The summed E-state index contributed by atoms with van der Waals surface area (Å²) in [5.41, 5.74) is -0.187. The molecule has 0 radical (unpaired) electrons. The molecule has 1 heterocycles. The number of nitrogens with zero attached hydrogens (tertiary/aromatic N) is 1. The lowest BCUT2D eigenvalue weighted by Crippen LogP contribution is -2.53. The summed E-state index contributed by atoms with van der Waals surface area (Å²) < 4.78 is 0. The summed E-state index contributed by atoms with van der Waals surface area (Å²) in [6.07, 6.45) is 3.05. The van der Waals surface area contributed by atoms with E-state index in [2.05, 4.69) is 26.1 Å². The summed E-state index contributed by atoms with van der Waals surface area (Å²) >= 11 is 0. The summed E-state index contributed by atoms with van der Waals surface area (Å²) in [5, 5.41) is 3.48. The number of likely N-dealkylation sites (tertiary alicyclic amines) is 1. The molecular formula is C16H30N2O2. The maximum absolute atomic E-state index is 12.2. The molecule has 2 unspecified atom stereocenters. The highest BCUT2D eigenvalue weighted by atomic mass is 16.2. The summed E-state index contributed by atoms with van der Waals surface area (Å²) in [5.74, 6) is 0.424. The summed E-state index contributed by atoms with van der Waals surface area (Å²) in [6.45, 7) is 11.9. The van der Waals surface area contributed by atoms with Crippen molar-refractivity contribution in [3.05, 3.63) is 0 Å². The van der Waals surface area contributed by atoms with Gasteiger partial charge in [0.05, 0.1) is 0 Å². The largest absolute Gasteiger partial charge is 0.312 e. The predicted octanol–water partition coefficient (Wildman–Crippen LogP) is 2.58. The van der Waals surface area contributed by atoms with Gasteiger partial charge in [0.15, 0.2) is 0 Å². The van der Waals surface area contributed by atoms with Crippen LogP contribution in [0, 0.1) is 11.3 Å². The molecule has 0 bridgehead atoms. The van der Waals surface area contributed by atoms with Crippen molar-refractivity contribution in [1.29, 1.82) is 0 Å². The minimum atomic E-state index is -0.187. The summed E-state index contributed by atoms with van der Waals surface area (Å²) in [7, 11) is 0. The third kappa shape index (κ3) is 4.58. The molecule has 0 aromatic carbocycles. The fourth-order valence-corrected chi connectivity index (χ4v) is 2.67. The van der Waals surface area contributed by atoms with Crippen LogP contribution in [-0.2, 0) is 9.59 Å². The molecule has 1 aliphatic heterocycles. The van der Waals surface area contributed by atoms with Crippen molar-refractivity contribution in [2.75, 3.05) is 13.1 Å². The molecule has 1 N–H and O–H groups in total. The molecular weight excluding hydrogens is 252 g/mol. The number of amides is 2. The number of nitrogens with one attached hydrogen (secondary N) is 1. The lowest BCUT2D eigenvalue weighted by atomic mass is 9.81. The minimum Gasteiger partial charge on any atom is -0.312 e. The van der Waals surface area contributed by atoms with Crippen LogP contribution in [0.15, 0.2) is 0 Å². The van der Waals surface area contributed by atoms with Crippen LogP contribution in [0.4, 0.5) is 0 Å². The van der Waals surface area contributed by atoms with Crippen molar-refractivity contribution in [3.8, 4) is 0 Å². The van der Waals surface area contributed by atoms with Gasteiger partial charge in [-0.1, -0.05) is 41.0 Å². The summed E-state index contributed by atoms with van der Waals surface area (Å²) in [4.78, 5) is 25.9. The highest BCUT2D eigenvalue weighted by molar-refractivity contribution is 5.98. The van der Waals surface area contributed by atoms with Crippen LogP contribution in [0.1, 0.15) is 60.3 Å². The Morgan fingerprint density at radius 2 is 1.75 bits per heavy atom. The van der Waals surface area contributed by atoms with Crippen molar-refractivity contribution >= 4 is 11.8 Å². The maximum Gasteiger partial charge on any atom is 0.229 e. The molecule has 116 valence electrons. The van der Waals surface area contributed by atoms with E-state index in [9.17, 15) is 9.59 Å². The van der Waals surface area contributed by atoms with E-state index >= 15 is 0 Å². The third-order valence-corrected chi connectivity index (χ3v) is 4.23. The number of hydrogen-bond donors (Lipinski definition) is 1. The van der Waals surface area contributed by atoms with Gasteiger partial charge in [-0.2, -0.15) is 0 Å². The van der Waals surface area contributed by atoms with Gasteiger partial charge in [0.1, 0.15) is 0 Å². The molecule has 0 saturated carbocycles. The van der Waals surface area contributed by atoms with E-state index in [1.54, 1.807) is 0 Å². The molecule has 1 saturated heterocycles. The van der Waals surface area contributed by atoms with E-state index in [-0.39, 0.29) is 23.3 Å². The lowest BCUT2D eigenvalue weighted by Gasteiger charge is -2.37. The standard InChI is InChI=1S/C16H30N2O2/c1-6-8-17-13(12(3)7-2)11-18-14(19)9-16(4,5)10-15(18)20/h12-13,17H,6-11H2,1-5H3. The van der Waals surface area contributed by atoms with Crippen LogP contribution >= 0.6 is 0 Å². The van der Waals surface area contributed by atoms with Gasteiger partial charge in [-0.05, 0) is 24.3 Å². The number of carbonyl (C=O) groups is 2. The monoisotopic (exact) mass is 282 g/mol. The highest BCUT2D eigenvalue weighted by Gasteiger charge is 2.38. The van der Waals surface area contributed by atoms with Gasteiger partial charge >= 0.3 is 0 Å². The van der Waals surface area contributed by atoms with Crippen LogP contribution in [0.2, 0.25) is 0 Å². The Balaban J connectivity index is 2.72. The van der Waals surface area contributed by atoms with Crippen molar-refractivity contribution < 1.29 is 9.59 Å². The Labute approximate surface area is 123 Å². The van der Waals surface area contributed by atoms with Crippen molar-refractivity contribution in [1.82, 2.24) is 10.2 Å². The first-order valence-electron chi connectivity index (χ1n) is 7.87. The van der Waals surface area contributed by atoms with Gasteiger partial charge in [-0.3, -0.25) is 14.5 Å². The number of carbonyl (C=O) groups excluding carboxylic acids is 2. The second-order valence-electron chi connectivity index (χ2n) is 6.86. The van der Waals surface area contributed by atoms with E-state index in [0.29, 0.717) is 25.3 Å². The fraction of sp³-hybridized carbons (Fsp3) is 0.875. The molecule has 0 aromatic heterocycles. The number of hydrogen-bond acceptors (Lipinski definition) is 3. The molecule has 1 fully saturated rings. The van der Waals surface area contributed by atoms with E-state index in [4.69, 9.17) is 0 Å². The van der Waals surface area contributed by atoms with Gasteiger partial charge < -0.3 is 5.32 Å². The smallest absolute Gasteiger partial charge is 0.229 e. The quantitative estimate of drug-likeness (QED) is 0.730. The van der Waals surface area contributed by atoms with Gasteiger partial charge in [0, 0.05) is 25.4 Å². The maximum atomic E-state index is 12.2. The van der Waals surface area contributed by atoms with Crippen LogP contribution in [-0.4, -0.2) is 35.8 Å². The minimum absolute atomic E-state index is 0.0159. The Morgan fingerprint density at radius 3 is 2.20 bits per heavy atom. The van der Waals surface area contributed by atoms with Crippen LogP contribution < -0.4 is 5.32 Å². The molecule has 0 aromatic rings. The Bertz CT molecular complexity index is 332. The summed E-state index contributed by atoms with van der Waals surface area (Å²) in [6, 6.07) is 0.203. The molecule has 2 atom stereocenters. The van der Waals surface area contributed by atoms with E-state index in [1.165, 1.54) is 4.90 Å². The number of rotatable bonds is 7. The lowest BCUT2D eigenvalue weighted by molar-refractivity contribution is -0.153. The van der Waals surface area contributed by atoms with Crippen LogP contribution in [0.5, 0.6) is 0 Å². The topological polar surface area (TPSA) is 49.4 Å². The van der Waals surface area contributed by atoms with Crippen LogP contribution in [0.25, 0.3) is 0 Å². The van der Waals surface area contributed by atoms with Crippen LogP contribution in [0.3, 0.4) is 0 Å². The Morgan fingerprint density at radius 1 is 1.20 bits per heavy atom. The molecule has 20 heavy (non-hydrogen) atoms. The fourth-order valence-electron chi connectivity index (χ4n) is 2.67. The molecule has 1 rings (SSSR count). The molecule has 1 aliphatic rings. The molecule has 2 amide bonds. The molecule has 4 heteroatoms. The number of piperidine rings is 1. The first-order chi connectivity index (χ1) is 9.30. The highest BCUT2D eigenvalue weighted by Crippen LogP contribution is 2.31. The van der Waals surface area contributed by atoms with Crippen molar-refractivity contribution in [2.24, 2.45) is 11.3 Å². The zero-order chi connectivity index (χ0) is 15.3. The zero-order valence-electron chi connectivity index (χ0n) is 13.7.